The number of hydrogen-bond donors (Lipinski definition) is 1. The molecule has 0 spiro atoms. The second kappa shape index (κ2) is 9.59. The van der Waals surface area contributed by atoms with Crippen LogP contribution in [0.15, 0.2) is 12.2 Å². The van der Waals surface area contributed by atoms with Gasteiger partial charge in [0, 0.05) is 19.2 Å². The third-order valence-electron chi connectivity index (χ3n) is 1.98. The molecule has 0 heterocycles. The second-order valence-corrected chi connectivity index (χ2v) is 5.01. The Morgan fingerprint density at radius 1 is 1.06 bits per heavy atom. The van der Waals surface area contributed by atoms with E-state index in [1.54, 1.807) is 7.11 Å². The number of rotatable bonds is 10. The predicted octanol–water partition coefficient (Wildman–Crippen LogP) is 1.61. The van der Waals surface area contributed by atoms with Crippen LogP contribution in [0, 0.1) is 0 Å². The summed E-state index contributed by atoms with van der Waals surface area (Å²) >= 11 is 0. The number of ether oxygens (including phenoxy) is 3. The van der Waals surface area contributed by atoms with Crippen molar-refractivity contribution < 1.29 is 14.2 Å². The van der Waals surface area contributed by atoms with E-state index in [2.05, 4.69) is 32.7 Å². The highest BCUT2D eigenvalue weighted by Crippen LogP contribution is 2.00. The Kier molecular flexibility index (Phi) is 9.36. The van der Waals surface area contributed by atoms with Gasteiger partial charge in [0.2, 0.25) is 0 Å². The molecule has 0 unspecified atom stereocenters. The van der Waals surface area contributed by atoms with E-state index in [4.69, 9.17) is 14.2 Å². The van der Waals surface area contributed by atoms with Gasteiger partial charge in [0.1, 0.15) is 0 Å². The first-order valence-electron chi connectivity index (χ1n) is 6.02. The molecule has 0 bridgehead atoms. The van der Waals surface area contributed by atoms with E-state index in [0.717, 1.165) is 12.1 Å². The van der Waals surface area contributed by atoms with Gasteiger partial charge in [-0.05, 0) is 26.3 Å². The topological polar surface area (TPSA) is 39.7 Å². The molecule has 0 fully saturated rings. The predicted molar refractivity (Wildman–Crippen MR) is 70.4 cm³/mol. The monoisotopic (exact) mass is 245 g/mol. The lowest BCUT2D eigenvalue weighted by Gasteiger charge is -2.21. The highest BCUT2D eigenvalue weighted by atomic mass is 16.5. The molecule has 102 valence electrons. The zero-order chi connectivity index (χ0) is 13.1. The number of nitrogens with one attached hydrogen (secondary N) is 1. The van der Waals surface area contributed by atoms with E-state index >= 15 is 0 Å². The van der Waals surface area contributed by atoms with Crippen LogP contribution in [0.5, 0.6) is 0 Å². The van der Waals surface area contributed by atoms with Crippen LogP contribution in [0.4, 0.5) is 0 Å². The largest absolute Gasteiger partial charge is 0.382 e. The molecule has 0 aromatic heterocycles. The molecule has 0 aliphatic carbocycles. The molecule has 0 amide bonds. The zero-order valence-electron chi connectivity index (χ0n) is 11.7. The Hall–Kier alpha value is -0.420. The smallest absolute Gasteiger partial charge is 0.0704 e. The number of methoxy groups -OCH3 is 1. The maximum Gasteiger partial charge on any atom is 0.0704 e. The SMILES string of the molecule is C=C(CNC(C)(C)C)COCCOCCOC. The summed E-state index contributed by atoms with van der Waals surface area (Å²) in [4.78, 5) is 0. The van der Waals surface area contributed by atoms with E-state index in [1.807, 2.05) is 0 Å². The van der Waals surface area contributed by atoms with Gasteiger partial charge in [-0.15, -0.1) is 0 Å². The minimum atomic E-state index is 0.117. The molecule has 0 radical (unpaired) electrons. The molecule has 4 heteroatoms. The lowest BCUT2D eigenvalue weighted by molar-refractivity contribution is 0.0298. The van der Waals surface area contributed by atoms with Gasteiger partial charge in [-0.2, -0.15) is 0 Å². The standard InChI is InChI=1S/C13H27NO3/c1-12(10-14-13(2,3)4)11-17-9-8-16-7-6-15-5/h14H,1,6-11H2,2-5H3. The van der Waals surface area contributed by atoms with Crippen LogP contribution in [0.3, 0.4) is 0 Å². The molecule has 4 nitrogen and oxygen atoms in total. The number of hydrogen-bond acceptors (Lipinski definition) is 4. The maximum atomic E-state index is 5.44. The van der Waals surface area contributed by atoms with Gasteiger partial charge >= 0.3 is 0 Å². The fourth-order valence-corrected chi connectivity index (χ4v) is 1.02. The summed E-state index contributed by atoms with van der Waals surface area (Å²) in [5.41, 5.74) is 1.17. The fourth-order valence-electron chi connectivity index (χ4n) is 1.02. The molecule has 0 aromatic carbocycles. The van der Waals surface area contributed by atoms with Gasteiger partial charge in [-0.25, -0.2) is 0 Å². The highest BCUT2D eigenvalue weighted by Gasteiger charge is 2.08. The van der Waals surface area contributed by atoms with Crippen molar-refractivity contribution in [1.82, 2.24) is 5.32 Å². The summed E-state index contributed by atoms with van der Waals surface area (Å²) in [6.07, 6.45) is 0. The van der Waals surface area contributed by atoms with Crippen LogP contribution in [0.1, 0.15) is 20.8 Å². The van der Waals surface area contributed by atoms with Crippen molar-refractivity contribution in [1.29, 1.82) is 0 Å². The van der Waals surface area contributed by atoms with Crippen LogP contribution >= 0.6 is 0 Å². The Morgan fingerprint density at radius 3 is 2.24 bits per heavy atom. The molecule has 0 aromatic rings. The first kappa shape index (κ1) is 16.6. The van der Waals surface area contributed by atoms with Crippen LogP contribution in [0.2, 0.25) is 0 Å². The van der Waals surface area contributed by atoms with Crippen molar-refractivity contribution in [2.45, 2.75) is 26.3 Å². The Labute approximate surface area is 105 Å². The average Bonchev–Trinajstić information content (AvgIpc) is 2.24. The van der Waals surface area contributed by atoms with Gasteiger partial charge in [-0.3, -0.25) is 0 Å². The second-order valence-electron chi connectivity index (χ2n) is 5.01. The molecule has 17 heavy (non-hydrogen) atoms. The average molecular weight is 245 g/mol. The molecule has 1 N–H and O–H groups in total. The van der Waals surface area contributed by atoms with Crippen LogP contribution in [0.25, 0.3) is 0 Å². The van der Waals surface area contributed by atoms with Crippen molar-refractivity contribution in [2.24, 2.45) is 0 Å². The van der Waals surface area contributed by atoms with Gasteiger partial charge in [0.05, 0.1) is 33.0 Å². The van der Waals surface area contributed by atoms with E-state index in [0.29, 0.717) is 33.0 Å². The third-order valence-corrected chi connectivity index (χ3v) is 1.98. The van der Waals surface area contributed by atoms with Crippen LogP contribution in [-0.2, 0) is 14.2 Å². The van der Waals surface area contributed by atoms with Gasteiger partial charge in [0.15, 0.2) is 0 Å². The van der Waals surface area contributed by atoms with Crippen molar-refractivity contribution in [3.8, 4) is 0 Å². The molecule has 0 rings (SSSR count). The van der Waals surface area contributed by atoms with E-state index in [9.17, 15) is 0 Å². The first-order valence-corrected chi connectivity index (χ1v) is 6.02. The maximum absolute atomic E-state index is 5.44. The minimum absolute atomic E-state index is 0.117. The molecule has 0 atom stereocenters. The van der Waals surface area contributed by atoms with Gasteiger partial charge in [-0.1, -0.05) is 6.58 Å². The van der Waals surface area contributed by atoms with Crippen molar-refractivity contribution >= 4 is 0 Å². The molecule has 0 aliphatic rings. The molecular weight excluding hydrogens is 218 g/mol. The first-order chi connectivity index (χ1) is 7.95. The molecular formula is C13H27NO3. The van der Waals surface area contributed by atoms with Crippen molar-refractivity contribution in [3.05, 3.63) is 12.2 Å². The lowest BCUT2D eigenvalue weighted by Crippen LogP contribution is -2.37. The summed E-state index contributed by atoms with van der Waals surface area (Å²) in [6, 6.07) is 0. The van der Waals surface area contributed by atoms with Crippen LogP contribution in [-0.4, -0.2) is 52.2 Å². The highest BCUT2D eigenvalue weighted by molar-refractivity contribution is 4.98. The van der Waals surface area contributed by atoms with Crippen molar-refractivity contribution in [2.75, 3.05) is 46.7 Å². The summed E-state index contributed by atoms with van der Waals surface area (Å²) in [5, 5.41) is 3.36. The van der Waals surface area contributed by atoms with Gasteiger partial charge in [0.25, 0.3) is 0 Å². The summed E-state index contributed by atoms with van der Waals surface area (Å²) in [7, 11) is 1.66. The molecule has 0 aliphatic heterocycles. The lowest BCUT2D eigenvalue weighted by atomic mass is 10.1. The van der Waals surface area contributed by atoms with E-state index in [1.165, 1.54) is 0 Å². The van der Waals surface area contributed by atoms with Crippen molar-refractivity contribution in [3.63, 3.8) is 0 Å². The van der Waals surface area contributed by atoms with E-state index < -0.39 is 0 Å². The van der Waals surface area contributed by atoms with Crippen LogP contribution < -0.4 is 5.32 Å². The molecule has 0 saturated heterocycles. The fraction of sp³-hybridized carbons (Fsp3) is 0.846. The third kappa shape index (κ3) is 13.5. The minimum Gasteiger partial charge on any atom is -0.382 e. The Morgan fingerprint density at radius 2 is 1.65 bits per heavy atom. The Balaban J connectivity index is 3.28. The molecule has 0 saturated carbocycles. The summed E-state index contributed by atoms with van der Waals surface area (Å²) < 4.78 is 15.6. The quantitative estimate of drug-likeness (QED) is 0.469. The summed E-state index contributed by atoms with van der Waals surface area (Å²) in [6.45, 7) is 14.2. The van der Waals surface area contributed by atoms with Gasteiger partial charge < -0.3 is 19.5 Å². The Bertz CT molecular complexity index is 199. The van der Waals surface area contributed by atoms with E-state index in [-0.39, 0.29) is 5.54 Å². The zero-order valence-corrected chi connectivity index (χ0v) is 11.7. The normalized spacial score (nSPS) is 11.8. The summed E-state index contributed by atoms with van der Waals surface area (Å²) in [5.74, 6) is 0.